The van der Waals surface area contributed by atoms with Crippen molar-refractivity contribution in [3.8, 4) is 0 Å². The van der Waals surface area contributed by atoms with Gasteiger partial charge in [0, 0.05) is 66.8 Å². The van der Waals surface area contributed by atoms with Crippen molar-refractivity contribution in [2.45, 2.75) is 49.7 Å². The van der Waals surface area contributed by atoms with Crippen molar-refractivity contribution in [3.05, 3.63) is 35.9 Å². The predicted octanol–water partition coefficient (Wildman–Crippen LogP) is -0.775. The van der Waals surface area contributed by atoms with E-state index in [1.165, 1.54) is 6.21 Å². The molecule has 6 N–H and O–H groups in total. The molecule has 0 bridgehead atoms. The van der Waals surface area contributed by atoms with Crippen molar-refractivity contribution in [1.29, 1.82) is 0 Å². The molecule has 1 aliphatic carbocycles. The molecule has 1 aromatic carbocycles. The van der Waals surface area contributed by atoms with E-state index in [1.54, 1.807) is 4.14 Å². The minimum Gasteiger partial charge on any atom is -0.773 e. The zero-order valence-electron chi connectivity index (χ0n) is 26.9. The highest BCUT2D eigenvalue weighted by Gasteiger charge is 2.66. The molecule has 21 heteroatoms. The van der Waals surface area contributed by atoms with Gasteiger partial charge in [-0.2, -0.15) is 4.89 Å². The molecule has 1 saturated heterocycles. The molecular formula is C28H40BIN6O11P2. The molecule has 2 aliphatic heterocycles. The summed E-state index contributed by atoms with van der Waals surface area (Å²) in [4.78, 5) is 74.8. The lowest BCUT2D eigenvalue weighted by molar-refractivity contribution is -0.206. The van der Waals surface area contributed by atoms with Gasteiger partial charge >= 0.3 is 20.2 Å². The average molecular weight is 836 g/mol. The quantitative estimate of drug-likeness (QED) is 0.0724. The van der Waals surface area contributed by atoms with Gasteiger partial charge in [-0.25, -0.2) is 3.21 Å². The summed E-state index contributed by atoms with van der Waals surface area (Å²) in [7, 11) is -10.3. The Hall–Kier alpha value is -2.32. The van der Waals surface area contributed by atoms with Gasteiger partial charge in [0.15, 0.2) is 5.71 Å². The van der Waals surface area contributed by atoms with Gasteiger partial charge in [0.1, 0.15) is 12.5 Å². The van der Waals surface area contributed by atoms with Crippen LogP contribution in [0.25, 0.3) is 0 Å². The van der Waals surface area contributed by atoms with E-state index >= 15 is 0 Å². The first kappa shape index (κ1) is 39.5. The van der Waals surface area contributed by atoms with Crippen LogP contribution in [-0.2, 0) is 39.2 Å². The van der Waals surface area contributed by atoms with Crippen LogP contribution in [-0.4, -0.2) is 117 Å². The third-order valence-corrected chi connectivity index (χ3v) is 12.9. The molecule has 17 nitrogen and oxygen atoms in total. The number of nitrogens with one attached hydrogen (secondary N) is 3. The van der Waals surface area contributed by atoms with E-state index in [9.17, 15) is 33.5 Å². The van der Waals surface area contributed by atoms with Crippen LogP contribution in [0.2, 0.25) is 0 Å². The molecule has 3 amide bonds. The smallest absolute Gasteiger partial charge is 0.550 e. The standard InChI is InChI=1S/C28H40BIN6O11P2/c1-19(2)21-15-27(21,34-26(39)22(14-20-6-4-3-5-7-20)33-25(38)23-17-31-18-30-35-23)29-46-12-10-36(11-13-47-29)9-8-32-24(37)16-28(40,48(41)42)49(43,44)45/h3-7,17-19,21-22,40H,8-16H2,1-2H3,(H5-,32,33,34,37,38,39,41,42,43,44,45). The summed E-state index contributed by atoms with van der Waals surface area (Å²) in [5.41, 5.74) is 0.213. The molecule has 49 heavy (non-hydrogen) atoms. The van der Waals surface area contributed by atoms with Crippen LogP contribution in [0.3, 0.4) is 0 Å². The first-order valence-electron chi connectivity index (χ1n) is 15.5. The lowest BCUT2D eigenvalue weighted by Gasteiger charge is -2.32. The second kappa shape index (κ2) is 17.3. The van der Waals surface area contributed by atoms with E-state index < -0.39 is 78.5 Å². The Balaban J connectivity index is 1.36. The number of carbonyl (C=O) groups excluding carboxylic acids is 3. The van der Waals surface area contributed by atoms with E-state index in [1.807, 2.05) is 35.2 Å². The number of amides is 3. The van der Waals surface area contributed by atoms with Gasteiger partial charge in [-0.15, -0.1) is 0 Å². The Morgan fingerprint density at radius 2 is 1.92 bits per heavy atom. The van der Waals surface area contributed by atoms with Crippen molar-refractivity contribution in [3.63, 3.8) is 0 Å². The molecule has 0 spiro atoms. The van der Waals surface area contributed by atoms with Crippen molar-refractivity contribution < 1.29 is 52.6 Å². The largest absolute Gasteiger partial charge is 0.773 e. The monoisotopic (exact) mass is 836 g/mol. The second-order valence-electron chi connectivity index (χ2n) is 12.3. The maximum Gasteiger partial charge on any atom is 0.550 e. The van der Waals surface area contributed by atoms with Crippen LogP contribution < -0.4 is 20.8 Å². The number of aliphatic hydroxyl groups is 1. The highest BCUT2D eigenvalue weighted by atomic mass is 127. The van der Waals surface area contributed by atoms with Gasteiger partial charge < -0.3 is 44.7 Å². The molecule has 1 aromatic rings. The summed E-state index contributed by atoms with van der Waals surface area (Å²) in [5, 5.41) is 14.8. The molecule has 3 aliphatic rings. The Morgan fingerprint density at radius 1 is 1.24 bits per heavy atom. The molecule has 268 valence electrons. The van der Waals surface area contributed by atoms with E-state index in [-0.39, 0.29) is 56.2 Å². The number of benzene rings is 1. The van der Waals surface area contributed by atoms with Crippen LogP contribution >= 0.6 is 36.6 Å². The highest BCUT2D eigenvalue weighted by molar-refractivity contribution is 14.2. The Labute approximate surface area is 295 Å². The Kier molecular flexibility index (Phi) is 13.9. The van der Waals surface area contributed by atoms with Crippen LogP contribution in [0.5, 0.6) is 0 Å². The third kappa shape index (κ3) is 10.4. The van der Waals surface area contributed by atoms with Crippen LogP contribution in [0.4, 0.5) is 0 Å². The molecule has 4 rings (SSSR count). The van der Waals surface area contributed by atoms with Crippen LogP contribution in [0.1, 0.15) is 32.3 Å². The van der Waals surface area contributed by atoms with Gasteiger partial charge in [0.2, 0.25) is 19.4 Å². The minimum absolute atomic E-state index is 0.00263. The normalized spacial score (nSPS) is 24.6. The summed E-state index contributed by atoms with van der Waals surface area (Å²) < 4.78 is 41.0. The van der Waals surface area contributed by atoms with Crippen LogP contribution in [0.15, 0.2) is 38.5 Å². The number of hydrogen-bond acceptors (Lipinski definition) is 12. The van der Waals surface area contributed by atoms with Gasteiger partial charge in [-0.05, 0) is 28.4 Å². The molecule has 2 fully saturated rings. The number of aliphatic imine (C=N–C) groups is 1. The second-order valence-corrected chi connectivity index (χ2v) is 17.3. The fraction of sp³-hybridized carbons (Fsp3) is 0.571. The number of nitrogens with zero attached hydrogens (tertiary/aromatic N) is 3. The lowest BCUT2D eigenvalue weighted by atomic mass is 9.71. The van der Waals surface area contributed by atoms with Crippen molar-refractivity contribution in [2.24, 2.45) is 20.0 Å². The van der Waals surface area contributed by atoms with E-state index in [2.05, 4.69) is 38.0 Å². The highest BCUT2D eigenvalue weighted by Crippen LogP contribution is 2.58. The third-order valence-electron chi connectivity index (χ3n) is 8.47. The summed E-state index contributed by atoms with van der Waals surface area (Å²) >= 11 is -0.719. The maximum atomic E-state index is 13.9. The number of carbonyl (C=O) groups is 3. The molecule has 2 heterocycles. The van der Waals surface area contributed by atoms with Gasteiger partial charge in [-0.3, -0.25) is 24.3 Å². The van der Waals surface area contributed by atoms with Crippen molar-refractivity contribution >= 4 is 77.5 Å². The first-order valence-corrected chi connectivity index (χ1v) is 20.5. The van der Waals surface area contributed by atoms with Gasteiger partial charge in [0.25, 0.3) is 5.91 Å². The number of hydrogen-bond donors (Lipinski definition) is 6. The van der Waals surface area contributed by atoms with E-state index in [0.29, 0.717) is 19.5 Å². The van der Waals surface area contributed by atoms with Crippen molar-refractivity contribution in [2.75, 3.05) is 39.4 Å². The zero-order valence-corrected chi connectivity index (χ0v) is 30.9. The molecule has 0 aromatic heterocycles. The fourth-order valence-corrected chi connectivity index (χ4v) is 8.26. The molecule has 1 saturated carbocycles. The summed E-state index contributed by atoms with van der Waals surface area (Å²) in [6.07, 6.45) is 0.926. The topological polar surface area (TPSA) is 252 Å². The molecule has 6 unspecified atom stereocenters. The average Bonchev–Trinajstić information content (AvgIpc) is 3.77. The minimum atomic E-state index is -5.72. The van der Waals surface area contributed by atoms with E-state index in [4.69, 9.17) is 19.1 Å². The van der Waals surface area contributed by atoms with Gasteiger partial charge in [0.05, 0.1) is 15.8 Å². The SMILES string of the molecule is CC(C)C1CC1(NC(=O)C(Cc1ccccc1)NC(=O)C1=NI=CN=C1)B1OCCN(CCNC(=O)CC(O)([P+](=O)O)P(=O)([O-])O)CCO1. The summed E-state index contributed by atoms with van der Waals surface area (Å²) in [6.45, 7) is 5.63. The fourth-order valence-electron chi connectivity index (χ4n) is 5.70. The molecule has 6 atom stereocenters. The van der Waals surface area contributed by atoms with Gasteiger partial charge in [-0.1, -0.05) is 44.2 Å². The summed E-state index contributed by atoms with van der Waals surface area (Å²) in [5.74, 6) is -1.67. The van der Waals surface area contributed by atoms with E-state index in [0.717, 1.165) is 5.56 Å². The Bertz CT molecular complexity index is 1520. The van der Waals surface area contributed by atoms with Crippen LogP contribution in [0, 0.1) is 11.8 Å². The molecule has 0 radical (unpaired) electrons. The number of rotatable bonds is 15. The predicted molar refractivity (Wildman–Crippen MR) is 188 cm³/mol. The lowest BCUT2D eigenvalue weighted by Crippen LogP contribution is -2.60. The zero-order chi connectivity index (χ0) is 35.8. The Morgan fingerprint density at radius 3 is 2.47 bits per heavy atom. The number of halogens is 1. The first-order chi connectivity index (χ1) is 23.2. The summed E-state index contributed by atoms with van der Waals surface area (Å²) in [6, 6.07) is 8.44. The maximum absolute atomic E-state index is 13.9. The van der Waals surface area contributed by atoms with Crippen molar-refractivity contribution in [1.82, 2.24) is 20.9 Å². The molecular weight excluding hydrogens is 796 g/mol.